The highest BCUT2D eigenvalue weighted by atomic mass is 15.2. The van der Waals surface area contributed by atoms with E-state index in [9.17, 15) is 0 Å². The van der Waals surface area contributed by atoms with Crippen LogP contribution in [0.5, 0.6) is 0 Å². The summed E-state index contributed by atoms with van der Waals surface area (Å²) in [6.45, 7) is 7.60. The third-order valence-corrected chi connectivity index (χ3v) is 2.82. The molecular weight excluding hydrogens is 162 g/mol. The van der Waals surface area contributed by atoms with Crippen LogP contribution in [0.25, 0.3) is 0 Å². The number of hydrogen-bond donors (Lipinski definition) is 1. The fourth-order valence-corrected chi connectivity index (χ4v) is 2.00. The minimum atomic E-state index is 0.460. The van der Waals surface area contributed by atoms with Crippen LogP contribution >= 0.6 is 0 Å². The van der Waals surface area contributed by atoms with Crippen LogP contribution in [0.4, 0.5) is 0 Å². The zero-order chi connectivity index (χ0) is 9.68. The summed E-state index contributed by atoms with van der Waals surface area (Å²) >= 11 is 0. The van der Waals surface area contributed by atoms with E-state index in [2.05, 4.69) is 30.1 Å². The Labute approximate surface area is 80.7 Å². The van der Waals surface area contributed by atoms with Crippen LogP contribution in [0, 0.1) is 11.3 Å². The maximum Gasteiger partial charge on any atom is 0.0638 e. The summed E-state index contributed by atoms with van der Waals surface area (Å²) in [6.07, 6.45) is 1.75. The van der Waals surface area contributed by atoms with E-state index in [-0.39, 0.29) is 0 Å². The van der Waals surface area contributed by atoms with Gasteiger partial charge in [-0.15, -0.1) is 0 Å². The van der Waals surface area contributed by atoms with Gasteiger partial charge in [0.2, 0.25) is 0 Å². The average molecular weight is 181 g/mol. The first-order valence-electron chi connectivity index (χ1n) is 5.13. The zero-order valence-corrected chi connectivity index (χ0v) is 8.58. The first-order chi connectivity index (χ1) is 6.29. The predicted molar refractivity (Wildman–Crippen MR) is 53.3 cm³/mol. The molecule has 0 aromatic carbocycles. The SMILES string of the molecule is CCC(CC#N)N1CCNC[C@H]1C. The van der Waals surface area contributed by atoms with Gasteiger partial charge in [0.15, 0.2) is 0 Å². The summed E-state index contributed by atoms with van der Waals surface area (Å²) in [7, 11) is 0. The average Bonchev–Trinajstić information content (AvgIpc) is 2.16. The van der Waals surface area contributed by atoms with E-state index in [0.29, 0.717) is 18.5 Å². The molecule has 1 aliphatic heterocycles. The van der Waals surface area contributed by atoms with Crippen molar-refractivity contribution < 1.29 is 0 Å². The van der Waals surface area contributed by atoms with Gasteiger partial charge in [0, 0.05) is 31.7 Å². The van der Waals surface area contributed by atoms with Crippen molar-refractivity contribution in [3.05, 3.63) is 0 Å². The van der Waals surface area contributed by atoms with E-state index in [1.807, 2.05) is 0 Å². The molecule has 1 N–H and O–H groups in total. The maximum absolute atomic E-state index is 8.69. The highest BCUT2D eigenvalue weighted by Crippen LogP contribution is 2.13. The highest BCUT2D eigenvalue weighted by Gasteiger charge is 2.24. The van der Waals surface area contributed by atoms with Crippen molar-refractivity contribution in [2.24, 2.45) is 0 Å². The monoisotopic (exact) mass is 181 g/mol. The molecule has 1 heterocycles. The Bertz CT molecular complexity index is 185. The molecule has 1 unspecified atom stereocenters. The van der Waals surface area contributed by atoms with Crippen LogP contribution in [0.15, 0.2) is 0 Å². The predicted octanol–water partition coefficient (Wildman–Crippen LogP) is 0.972. The summed E-state index contributed by atoms with van der Waals surface area (Å²) in [4.78, 5) is 2.46. The van der Waals surface area contributed by atoms with Crippen molar-refractivity contribution in [1.29, 1.82) is 5.26 Å². The van der Waals surface area contributed by atoms with Gasteiger partial charge >= 0.3 is 0 Å². The van der Waals surface area contributed by atoms with Gasteiger partial charge in [-0.25, -0.2) is 0 Å². The van der Waals surface area contributed by atoms with Crippen LogP contribution in [0.1, 0.15) is 26.7 Å². The number of nitrogens with zero attached hydrogens (tertiary/aromatic N) is 2. The minimum Gasteiger partial charge on any atom is -0.314 e. The first kappa shape index (κ1) is 10.5. The van der Waals surface area contributed by atoms with Gasteiger partial charge in [-0.2, -0.15) is 5.26 Å². The van der Waals surface area contributed by atoms with Gasteiger partial charge in [-0.1, -0.05) is 6.92 Å². The lowest BCUT2D eigenvalue weighted by atomic mass is 10.1. The van der Waals surface area contributed by atoms with E-state index >= 15 is 0 Å². The first-order valence-corrected chi connectivity index (χ1v) is 5.13. The fraction of sp³-hybridized carbons (Fsp3) is 0.900. The van der Waals surface area contributed by atoms with Crippen LogP contribution in [-0.2, 0) is 0 Å². The topological polar surface area (TPSA) is 39.1 Å². The van der Waals surface area contributed by atoms with Crippen molar-refractivity contribution in [2.75, 3.05) is 19.6 Å². The Morgan fingerprint density at radius 1 is 1.69 bits per heavy atom. The molecule has 1 fully saturated rings. The number of nitriles is 1. The molecule has 0 spiro atoms. The molecule has 3 heteroatoms. The maximum atomic E-state index is 8.69. The van der Waals surface area contributed by atoms with Gasteiger partial charge in [-0.05, 0) is 13.3 Å². The van der Waals surface area contributed by atoms with Gasteiger partial charge < -0.3 is 5.32 Å². The fourth-order valence-electron chi connectivity index (χ4n) is 2.00. The largest absolute Gasteiger partial charge is 0.314 e. The molecular formula is C10H19N3. The molecule has 0 amide bonds. The summed E-state index contributed by atoms with van der Waals surface area (Å²) in [5, 5.41) is 12.1. The second kappa shape index (κ2) is 5.21. The van der Waals surface area contributed by atoms with E-state index < -0.39 is 0 Å². The molecule has 0 aromatic rings. The van der Waals surface area contributed by atoms with E-state index in [1.54, 1.807) is 0 Å². The lowest BCUT2D eigenvalue weighted by Crippen LogP contribution is -2.53. The normalized spacial score (nSPS) is 26.7. The minimum absolute atomic E-state index is 0.460. The molecule has 0 bridgehead atoms. The van der Waals surface area contributed by atoms with E-state index in [0.717, 1.165) is 26.1 Å². The van der Waals surface area contributed by atoms with Crippen molar-refractivity contribution >= 4 is 0 Å². The van der Waals surface area contributed by atoms with E-state index in [1.165, 1.54) is 0 Å². The molecule has 3 nitrogen and oxygen atoms in total. The molecule has 0 aromatic heterocycles. The number of nitrogens with one attached hydrogen (secondary N) is 1. The molecule has 1 rings (SSSR count). The van der Waals surface area contributed by atoms with Gasteiger partial charge in [-0.3, -0.25) is 4.90 Å². The molecule has 0 radical (unpaired) electrons. The second-order valence-electron chi connectivity index (χ2n) is 3.72. The molecule has 0 saturated carbocycles. The Morgan fingerprint density at radius 2 is 2.46 bits per heavy atom. The molecule has 74 valence electrons. The smallest absolute Gasteiger partial charge is 0.0638 e. The number of piperazine rings is 1. The Balaban J connectivity index is 2.50. The molecule has 13 heavy (non-hydrogen) atoms. The summed E-state index contributed by atoms with van der Waals surface area (Å²) < 4.78 is 0. The molecule has 1 aliphatic rings. The van der Waals surface area contributed by atoms with Crippen LogP contribution in [-0.4, -0.2) is 36.6 Å². The number of hydrogen-bond acceptors (Lipinski definition) is 3. The lowest BCUT2D eigenvalue weighted by Gasteiger charge is -2.38. The quantitative estimate of drug-likeness (QED) is 0.705. The third-order valence-electron chi connectivity index (χ3n) is 2.82. The van der Waals surface area contributed by atoms with Gasteiger partial charge in [0.05, 0.1) is 12.5 Å². The lowest BCUT2D eigenvalue weighted by molar-refractivity contribution is 0.115. The molecule has 2 atom stereocenters. The van der Waals surface area contributed by atoms with Crippen LogP contribution in [0.2, 0.25) is 0 Å². The van der Waals surface area contributed by atoms with Gasteiger partial charge in [0.25, 0.3) is 0 Å². The Kier molecular flexibility index (Phi) is 4.20. The Hall–Kier alpha value is -0.590. The summed E-state index contributed by atoms with van der Waals surface area (Å²) in [5.41, 5.74) is 0. The van der Waals surface area contributed by atoms with Crippen LogP contribution < -0.4 is 5.32 Å². The van der Waals surface area contributed by atoms with Gasteiger partial charge in [0.1, 0.15) is 0 Å². The zero-order valence-electron chi connectivity index (χ0n) is 8.58. The van der Waals surface area contributed by atoms with Crippen molar-refractivity contribution in [2.45, 2.75) is 38.8 Å². The summed E-state index contributed by atoms with van der Waals surface area (Å²) in [5.74, 6) is 0. The molecule has 1 saturated heterocycles. The Morgan fingerprint density at radius 3 is 3.00 bits per heavy atom. The van der Waals surface area contributed by atoms with E-state index in [4.69, 9.17) is 5.26 Å². The highest BCUT2D eigenvalue weighted by molar-refractivity contribution is 4.87. The van der Waals surface area contributed by atoms with Crippen molar-refractivity contribution in [1.82, 2.24) is 10.2 Å². The number of rotatable bonds is 3. The third kappa shape index (κ3) is 2.68. The van der Waals surface area contributed by atoms with Crippen molar-refractivity contribution in [3.8, 4) is 6.07 Å². The standard InChI is InChI=1S/C10H19N3/c1-3-10(4-5-11)13-7-6-12-8-9(13)2/h9-10,12H,3-4,6-8H2,1-2H3/t9-,10?/m1/s1. The second-order valence-corrected chi connectivity index (χ2v) is 3.72. The van der Waals surface area contributed by atoms with Crippen LogP contribution in [0.3, 0.4) is 0 Å². The van der Waals surface area contributed by atoms with Crippen molar-refractivity contribution in [3.63, 3.8) is 0 Å². The summed E-state index contributed by atoms with van der Waals surface area (Å²) in [6, 6.07) is 3.31. The molecule has 0 aliphatic carbocycles.